The number of carbonyl (C=O) groups excluding carboxylic acids is 1. The zero-order valence-electron chi connectivity index (χ0n) is 22.0. The van der Waals surface area contributed by atoms with Crippen LogP contribution >= 0.6 is 0 Å². The first kappa shape index (κ1) is 28.7. The van der Waals surface area contributed by atoms with Crippen molar-refractivity contribution in [2.24, 2.45) is 0 Å². The van der Waals surface area contributed by atoms with Crippen LogP contribution in [0.2, 0.25) is 0 Å². The molecule has 2 atom stereocenters. The van der Waals surface area contributed by atoms with E-state index in [-0.39, 0.29) is 23.9 Å². The monoisotopic (exact) mass is 523 g/mol. The highest BCUT2D eigenvalue weighted by molar-refractivity contribution is 5.95. The molecular weight excluding hydrogens is 489 g/mol. The Labute approximate surface area is 221 Å². The van der Waals surface area contributed by atoms with E-state index in [1.54, 1.807) is 30.2 Å². The van der Waals surface area contributed by atoms with Crippen molar-refractivity contribution >= 4 is 18.0 Å². The highest BCUT2D eigenvalue weighted by Gasteiger charge is 2.27. The molecule has 1 aromatic heterocycles. The van der Waals surface area contributed by atoms with Crippen LogP contribution in [0.25, 0.3) is 11.8 Å². The molecule has 202 valence electrons. The second-order valence-electron chi connectivity index (χ2n) is 9.69. The number of carboxylic acids is 1. The number of carbonyl (C=O) groups is 2. The third kappa shape index (κ3) is 7.14. The van der Waals surface area contributed by atoms with Gasteiger partial charge in [0.15, 0.2) is 5.69 Å². The third-order valence-electron chi connectivity index (χ3n) is 6.23. The minimum absolute atomic E-state index is 0.135. The molecule has 0 saturated carbocycles. The predicted octanol–water partition coefficient (Wildman–Crippen LogP) is 4.32. The van der Waals surface area contributed by atoms with Gasteiger partial charge in [0.25, 0.3) is 5.91 Å². The lowest BCUT2D eigenvalue weighted by Gasteiger charge is -2.19. The lowest BCUT2D eigenvalue weighted by molar-refractivity contribution is -0.139. The quantitative estimate of drug-likeness (QED) is 0.345. The predicted molar refractivity (Wildman–Crippen MR) is 143 cm³/mol. The lowest BCUT2D eigenvalue weighted by Crippen LogP contribution is -2.28. The Morgan fingerprint density at radius 2 is 1.76 bits per heavy atom. The number of amides is 1. The molecule has 0 radical (unpaired) electrons. The number of benzene rings is 2. The zero-order chi connectivity index (χ0) is 28.0. The number of aliphatic hydroxyl groups excluding tert-OH is 2. The van der Waals surface area contributed by atoms with Crippen LogP contribution in [0, 0.1) is 12.7 Å². The number of halogens is 1. The summed E-state index contributed by atoms with van der Waals surface area (Å²) >= 11 is 0. The summed E-state index contributed by atoms with van der Waals surface area (Å²) in [5, 5.41) is 33.8. The fraction of sp³-hybridized carbons (Fsp3) is 0.345. The molecule has 0 spiro atoms. The van der Waals surface area contributed by atoms with Crippen molar-refractivity contribution in [3.63, 3.8) is 0 Å². The van der Waals surface area contributed by atoms with Crippen LogP contribution in [0.4, 0.5) is 4.39 Å². The summed E-state index contributed by atoms with van der Waals surface area (Å²) in [6.45, 7) is 6.22. The van der Waals surface area contributed by atoms with Gasteiger partial charge in [-0.15, -0.1) is 0 Å². The van der Waals surface area contributed by atoms with Crippen molar-refractivity contribution in [2.45, 2.75) is 58.3 Å². The smallest absolute Gasteiger partial charge is 0.305 e. The number of carboxylic acid groups (broad SMARTS) is 1. The van der Waals surface area contributed by atoms with E-state index in [9.17, 15) is 24.2 Å². The maximum atomic E-state index is 13.7. The van der Waals surface area contributed by atoms with E-state index in [2.05, 4.69) is 5.10 Å². The van der Waals surface area contributed by atoms with E-state index >= 15 is 0 Å². The molecule has 8 nitrogen and oxygen atoms in total. The number of aliphatic hydroxyl groups is 2. The molecule has 1 heterocycles. The largest absolute Gasteiger partial charge is 0.481 e. The number of nitrogens with zero attached hydrogens (tertiary/aromatic N) is 3. The molecule has 38 heavy (non-hydrogen) atoms. The van der Waals surface area contributed by atoms with E-state index < -0.39 is 30.4 Å². The van der Waals surface area contributed by atoms with Crippen molar-refractivity contribution in [1.29, 1.82) is 0 Å². The normalized spacial score (nSPS) is 13.2. The zero-order valence-corrected chi connectivity index (χ0v) is 22.0. The standard InChI is InChI=1S/C29H34FN3O5/c1-18(2)27-25(14-13-23(34)15-24(35)16-26(36)37)33(22-11-9-21(30)10-12-22)31-28(27)29(38)32(4)17-20-8-6-5-7-19(20)3/h5-14,18,23-24,34-35H,15-17H2,1-4H3,(H,36,37)/t23-,24-/m1/s1. The van der Waals surface area contributed by atoms with Crippen LogP contribution in [-0.4, -0.2) is 61.1 Å². The molecule has 2 aromatic carbocycles. The van der Waals surface area contributed by atoms with Crippen molar-refractivity contribution in [3.8, 4) is 5.69 Å². The molecule has 9 heteroatoms. The summed E-state index contributed by atoms with van der Waals surface area (Å²) in [5.74, 6) is -2.00. The third-order valence-corrected chi connectivity index (χ3v) is 6.23. The van der Waals surface area contributed by atoms with E-state index in [4.69, 9.17) is 5.11 Å². The van der Waals surface area contributed by atoms with Crippen LogP contribution in [0.5, 0.6) is 0 Å². The highest BCUT2D eigenvalue weighted by Crippen LogP contribution is 2.29. The molecule has 0 saturated heterocycles. The van der Waals surface area contributed by atoms with Crippen LogP contribution in [0.1, 0.15) is 65.5 Å². The summed E-state index contributed by atoms with van der Waals surface area (Å²) in [7, 11) is 1.71. The maximum absolute atomic E-state index is 13.7. The van der Waals surface area contributed by atoms with Gasteiger partial charge in [-0.25, -0.2) is 9.07 Å². The van der Waals surface area contributed by atoms with Crippen LogP contribution < -0.4 is 0 Å². The second-order valence-corrected chi connectivity index (χ2v) is 9.69. The van der Waals surface area contributed by atoms with Crippen molar-refractivity contribution in [3.05, 3.63) is 88.5 Å². The van der Waals surface area contributed by atoms with E-state index in [1.165, 1.54) is 22.9 Å². The van der Waals surface area contributed by atoms with Gasteiger partial charge in [-0.2, -0.15) is 5.10 Å². The second kappa shape index (κ2) is 12.6. The number of aromatic nitrogens is 2. The van der Waals surface area contributed by atoms with Gasteiger partial charge in [0, 0.05) is 25.6 Å². The van der Waals surface area contributed by atoms with Gasteiger partial charge in [0.05, 0.1) is 30.0 Å². The molecule has 0 aliphatic carbocycles. The molecule has 0 unspecified atom stereocenters. The average molecular weight is 524 g/mol. The van der Waals surface area contributed by atoms with E-state index in [0.29, 0.717) is 23.5 Å². The Hall–Kier alpha value is -3.82. The minimum atomic E-state index is -1.22. The first-order valence-corrected chi connectivity index (χ1v) is 12.4. The molecule has 0 fully saturated rings. The first-order valence-electron chi connectivity index (χ1n) is 12.4. The van der Waals surface area contributed by atoms with Gasteiger partial charge in [-0.05, 0) is 54.3 Å². The Morgan fingerprint density at radius 1 is 1.11 bits per heavy atom. The molecule has 0 bridgehead atoms. The van der Waals surface area contributed by atoms with Gasteiger partial charge in [0.2, 0.25) is 0 Å². The summed E-state index contributed by atoms with van der Waals surface area (Å²) < 4.78 is 15.2. The van der Waals surface area contributed by atoms with Crippen LogP contribution in [0.3, 0.4) is 0 Å². The Morgan fingerprint density at radius 3 is 2.37 bits per heavy atom. The molecule has 1 amide bonds. The number of aryl methyl sites for hydroxylation is 1. The number of aliphatic carboxylic acids is 1. The average Bonchev–Trinajstić information content (AvgIpc) is 3.23. The van der Waals surface area contributed by atoms with Gasteiger partial charge < -0.3 is 20.2 Å². The van der Waals surface area contributed by atoms with Crippen LogP contribution in [0.15, 0.2) is 54.6 Å². The van der Waals surface area contributed by atoms with E-state index in [0.717, 1.165) is 11.1 Å². The number of rotatable bonds is 11. The highest BCUT2D eigenvalue weighted by atomic mass is 19.1. The molecule has 0 aliphatic heterocycles. The fourth-order valence-electron chi connectivity index (χ4n) is 4.25. The summed E-state index contributed by atoms with van der Waals surface area (Å²) in [5.41, 5.74) is 4.00. The van der Waals surface area contributed by atoms with Gasteiger partial charge >= 0.3 is 5.97 Å². The summed E-state index contributed by atoms with van der Waals surface area (Å²) in [6, 6.07) is 13.5. The summed E-state index contributed by atoms with van der Waals surface area (Å²) in [4.78, 5) is 26.1. The van der Waals surface area contributed by atoms with Gasteiger partial charge in [0.1, 0.15) is 5.82 Å². The SMILES string of the molecule is Cc1ccccc1CN(C)C(=O)c1nn(-c2ccc(F)cc2)c(C=C[C@@H](O)C[C@@H](O)CC(=O)O)c1C(C)C. The van der Waals surface area contributed by atoms with Gasteiger partial charge in [-0.3, -0.25) is 9.59 Å². The first-order chi connectivity index (χ1) is 18.0. The molecular formula is C29H34FN3O5. The Kier molecular flexibility index (Phi) is 9.55. The molecule has 3 aromatic rings. The van der Waals surface area contributed by atoms with Crippen molar-refractivity contribution < 1.29 is 29.3 Å². The fourth-order valence-corrected chi connectivity index (χ4v) is 4.25. The number of hydrogen-bond acceptors (Lipinski definition) is 5. The topological polar surface area (TPSA) is 116 Å². The summed E-state index contributed by atoms with van der Waals surface area (Å²) in [6.07, 6.45) is 0.0212. The van der Waals surface area contributed by atoms with Crippen molar-refractivity contribution in [2.75, 3.05) is 7.05 Å². The minimum Gasteiger partial charge on any atom is -0.481 e. The van der Waals surface area contributed by atoms with Crippen molar-refractivity contribution in [1.82, 2.24) is 14.7 Å². The maximum Gasteiger partial charge on any atom is 0.305 e. The Bertz CT molecular complexity index is 1300. The molecule has 3 rings (SSSR count). The molecule has 3 N–H and O–H groups in total. The Balaban J connectivity index is 2.03. The lowest BCUT2D eigenvalue weighted by atomic mass is 9.98. The number of hydrogen-bond donors (Lipinski definition) is 3. The van der Waals surface area contributed by atoms with Gasteiger partial charge in [-0.1, -0.05) is 44.2 Å². The van der Waals surface area contributed by atoms with Crippen LogP contribution in [-0.2, 0) is 11.3 Å². The van der Waals surface area contributed by atoms with E-state index in [1.807, 2.05) is 45.0 Å². The molecule has 0 aliphatic rings.